The number of nitrogens with one attached hydrogen (secondary N) is 1. The van der Waals surface area contributed by atoms with E-state index >= 15 is 0 Å². The highest BCUT2D eigenvalue weighted by molar-refractivity contribution is 5.26. The number of aromatic nitrogens is 1. The molecule has 0 aromatic carbocycles. The molecule has 0 radical (unpaired) electrons. The summed E-state index contributed by atoms with van der Waals surface area (Å²) in [7, 11) is 1.94. The lowest BCUT2D eigenvalue weighted by Crippen LogP contribution is -2.17. The monoisotopic (exact) mass is 176 g/mol. The molecule has 1 rings (SSSR count). The number of hydrogen-bond donors (Lipinski definition) is 1. The third-order valence-corrected chi connectivity index (χ3v) is 2.04. The van der Waals surface area contributed by atoms with Gasteiger partial charge in [-0.05, 0) is 38.6 Å². The summed E-state index contributed by atoms with van der Waals surface area (Å²) in [5, 5.41) is 3.22. The van der Waals surface area contributed by atoms with Gasteiger partial charge in [0.25, 0.3) is 0 Å². The van der Waals surface area contributed by atoms with Crippen LogP contribution < -0.4 is 5.32 Å². The summed E-state index contributed by atoms with van der Waals surface area (Å²) in [6.45, 7) is 7.97. The first-order valence-electron chi connectivity index (χ1n) is 4.40. The lowest BCUT2D eigenvalue weighted by Gasteiger charge is -2.16. The molecule has 1 aromatic heterocycles. The van der Waals surface area contributed by atoms with Crippen LogP contribution in [0.15, 0.2) is 30.5 Å². The van der Waals surface area contributed by atoms with Crippen molar-refractivity contribution in [3.63, 3.8) is 0 Å². The molecule has 0 spiro atoms. The molecule has 0 aliphatic rings. The summed E-state index contributed by atoms with van der Waals surface area (Å²) in [5.41, 5.74) is 3.38. The highest BCUT2D eigenvalue weighted by Crippen LogP contribution is 2.19. The Balaban J connectivity index is 2.98. The average Bonchev–Trinajstić information content (AvgIpc) is 2.04. The van der Waals surface area contributed by atoms with Gasteiger partial charge in [0.15, 0.2) is 0 Å². The van der Waals surface area contributed by atoms with E-state index in [-0.39, 0.29) is 6.04 Å². The Kier molecular flexibility index (Phi) is 3.20. The second-order valence-electron chi connectivity index (χ2n) is 3.30. The number of rotatable bonds is 3. The van der Waals surface area contributed by atoms with Crippen LogP contribution in [-0.4, -0.2) is 12.0 Å². The van der Waals surface area contributed by atoms with Crippen LogP contribution in [-0.2, 0) is 0 Å². The third-order valence-electron chi connectivity index (χ3n) is 2.04. The quantitative estimate of drug-likeness (QED) is 0.714. The van der Waals surface area contributed by atoms with Gasteiger partial charge in [0.1, 0.15) is 0 Å². The van der Waals surface area contributed by atoms with Gasteiger partial charge in [0.05, 0.1) is 6.04 Å². The van der Waals surface area contributed by atoms with E-state index in [1.807, 2.05) is 33.2 Å². The van der Waals surface area contributed by atoms with Gasteiger partial charge < -0.3 is 5.32 Å². The normalized spacial score (nSPS) is 12.5. The lowest BCUT2D eigenvalue weighted by atomic mass is 10.0. The standard InChI is InChI=1S/C11H16N2/c1-8(2)11(12-4)10-5-6-13-9(3)7-10/h5-7,11-12H,1H2,2-4H3. The van der Waals surface area contributed by atoms with Crippen LogP contribution >= 0.6 is 0 Å². The Morgan fingerprint density at radius 1 is 1.62 bits per heavy atom. The molecule has 1 atom stereocenters. The summed E-state index contributed by atoms with van der Waals surface area (Å²) in [4.78, 5) is 4.16. The van der Waals surface area contributed by atoms with Crippen molar-refractivity contribution in [3.8, 4) is 0 Å². The third kappa shape index (κ3) is 2.39. The fourth-order valence-electron chi connectivity index (χ4n) is 1.44. The molecule has 0 saturated carbocycles. The minimum absolute atomic E-state index is 0.238. The van der Waals surface area contributed by atoms with Crippen LogP contribution in [0.4, 0.5) is 0 Å². The molecule has 2 nitrogen and oxygen atoms in total. The Hall–Kier alpha value is -1.15. The van der Waals surface area contributed by atoms with Crippen molar-refractivity contribution in [1.29, 1.82) is 0 Å². The number of likely N-dealkylation sites (N-methyl/N-ethyl adjacent to an activating group) is 1. The minimum atomic E-state index is 0.238. The van der Waals surface area contributed by atoms with E-state index in [0.29, 0.717) is 0 Å². The minimum Gasteiger partial charge on any atom is -0.310 e. The van der Waals surface area contributed by atoms with Crippen molar-refractivity contribution in [2.75, 3.05) is 7.05 Å². The largest absolute Gasteiger partial charge is 0.310 e. The van der Waals surface area contributed by atoms with Crippen LogP contribution in [0.2, 0.25) is 0 Å². The van der Waals surface area contributed by atoms with Crippen LogP contribution in [0.25, 0.3) is 0 Å². The maximum atomic E-state index is 4.16. The van der Waals surface area contributed by atoms with E-state index in [1.165, 1.54) is 5.56 Å². The van der Waals surface area contributed by atoms with Crippen molar-refractivity contribution in [2.24, 2.45) is 0 Å². The van der Waals surface area contributed by atoms with Gasteiger partial charge in [-0.25, -0.2) is 0 Å². The fraction of sp³-hybridized carbons (Fsp3) is 0.364. The van der Waals surface area contributed by atoms with E-state index in [9.17, 15) is 0 Å². The molecule has 0 fully saturated rings. The molecule has 0 amide bonds. The molecule has 70 valence electrons. The molecule has 2 heteroatoms. The number of hydrogen-bond acceptors (Lipinski definition) is 2. The van der Waals surface area contributed by atoms with Gasteiger partial charge >= 0.3 is 0 Å². The Morgan fingerprint density at radius 3 is 2.77 bits per heavy atom. The van der Waals surface area contributed by atoms with Crippen molar-refractivity contribution in [2.45, 2.75) is 19.9 Å². The van der Waals surface area contributed by atoms with Gasteiger partial charge in [-0.2, -0.15) is 0 Å². The molecule has 0 aliphatic heterocycles. The van der Waals surface area contributed by atoms with Crippen molar-refractivity contribution >= 4 is 0 Å². The topological polar surface area (TPSA) is 24.9 Å². The highest BCUT2D eigenvalue weighted by Gasteiger charge is 2.08. The van der Waals surface area contributed by atoms with Crippen LogP contribution in [0, 0.1) is 6.92 Å². The summed E-state index contributed by atoms with van der Waals surface area (Å²) >= 11 is 0. The van der Waals surface area contributed by atoms with Crippen LogP contribution in [0.5, 0.6) is 0 Å². The zero-order chi connectivity index (χ0) is 9.84. The van der Waals surface area contributed by atoms with Gasteiger partial charge in [0, 0.05) is 11.9 Å². The zero-order valence-electron chi connectivity index (χ0n) is 8.46. The Labute approximate surface area is 79.7 Å². The van der Waals surface area contributed by atoms with Crippen LogP contribution in [0.1, 0.15) is 24.2 Å². The number of pyridine rings is 1. The number of aryl methyl sites for hydroxylation is 1. The van der Waals surface area contributed by atoms with Crippen molar-refractivity contribution in [1.82, 2.24) is 10.3 Å². The predicted octanol–water partition coefficient (Wildman–Crippen LogP) is 2.23. The summed E-state index contributed by atoms with van der Waals surface area (Å²) < 4.78 is 0. The summed E-state index contributed by atoms with van der Waals surface area (Å²) in [6.07, 6.45) is 1.83. The first-order chi connectivity index (χ1) is 6.15. The molecule has 1 N–H and O–H groups in total. The first-order valence-corrected chi connectivity index (χ1v) is 4.40. The van der Waals surface area contributed by atoms with Gasteiger partial charge in [0.2, 0.25) is 0 Å². The fourth-order valence-corrected chi connectivity index (χ4v) is 1.44. The maximum absolute atomic E-state index is 4.16. The molecule has 0 aliphatic carbocycles. The Bertz CT molecular complexity index is 305. The predicted molar refractivity (Wildman–Crippen MR) is 55.6 cm³/mol. The van der Waals surface area contributed by atoms with E-state index in [0.717, 1.165) is 11.3 Å². The highest BCUT2D eigenvalue weighted by atomic mass is 14.9. The molecule has 13 heavy (non-hydrogen) atoms. The second-order valence-corrected chi connectivity index (χ2v) is 3.30. The van der Waals surface area contributed by atoms with Crippen molar-refractivity contribution < 1.29 is 0 Å². The summed E-state index contributed by atoms with van der Waals surface area (Å²) in [5.74, 6) is 0. The summed E-state index contributed by atoms with van der Waals surface area (Å²) in [6, 6.07) is 4.33. The van der Waals surface area contributed by atoms with E-state index in [1.54, 1.807) is 0 Å². The molecular formula is C11H16N2. The second kappa shape index (κ2) is 4.19. The maximum Gasteiger partial charge on any atom is 0.0529 e. The molecule has 1 aromatic rings. The number of nitrogens with zero attached hydrogens (tertiary/aromatic N) is 1. The van der Waals surface area contributed by atoms with Gasteiger partial charge in [-0.3, -0.25) is 4.98 Å². The van der Waals surface area contributed by atoms with Crippen molar-refractivity contribution in [3.05, 3.63) is 41.7 Å². The van der Waals surface area contributed by atoms with Gasteiger partial charge in [-0.15, -0.1) is 0 Å². The zero-order valence-corrected chi connectivity index (χ0v) is 8.46. The van der Waals surface area contributed by atoms with E-state index < -0.39 is 0 Å². The molecule has 1 unspecified atom stereocenters. The van der Waals surface area contributed by atoms with Crippen LogP contribution in [0.3, 0.4) is 0 Å². The SMILES string of the molecule is C=C(C)C(NC)c1ccnc(C)c1. The Morgan fingerprint density at radius 2 is 2.31 bits per heavy atom. The lowest BCUT2D eigenvalue weighted by molar-refractivity contribution is 0.678. The van der Waals surface area contributed by atoms with Gasteiger partial charge in [-0.1, -0.05) is 12.2 Å². The molecule has 0 saturated heterocycles. The molecular weight excluding hydrogens is 160 g/mol. The average molecular weight is 176 g/mol. The smallest absolute Gasteiger partial charge is 0.0529 e. The molecule has 0 bridgehead atoms. The van der Waals surface area contributed by atoms with E-state index in [2.05, 4.69) is 22.9 Å². The molecule has 1 heterocycles. The first kappa shape index (κ1) is 9.93. The van der Waals surface area contributed by atoms with E-state index in [4.69, 9.17) is 0 Å².